The number of carbonyl (C=O) groups is 4. The van der Waals surface area contributed by atoms with Gasteiger partial charge in [-0.1, -0.05) is 60.7 Å². The van der Waals surface area contributed by atoms with Crippen molar-refractivity contribution in [2.45, 2.75) is 57.5 Å². The highest BCUT2D eigenvalue weighted by molar-refractivity contribution is 8.00. The van der Waals surface area contributed by atoms with Gasteiger partial charge in [0.15, 0.2) is 18.3 Å². The van der Waals surface area contributed by atoms with E-state index in [2.05, 4.69) is 24.3 Å². The summed E-state index contributed by atoms with van der Waals surface area (Å²) in [6, 6.07) is 20.5. The Hall–Kier alpha value is -2.94. The van der Waals surface area contributed by atoms with Crippen LogP contribution in [0.5, 0.6) is 0 Å². The lowest BCUT2D eigenvalue weighted by Gasteiger charge is -2.44. The van der Waals surface area contributed by atoms with Gasteiger partial charge in [-0.3, -0.25) is 19.2 Å². The maximum absolute atomic E-state index is 12.1. The summed E-state index contributed by atoms with van der Waals surface area (Å²) >= 11 is 1.40. The molecule has 1 aliphatic rings. The van der Waals surface area contributed by atoms with Gasteiger partial charge in [0.05, 0.1) is 0 Å². The van der Waals surface area contributed by atoms with Crippen molar-refractivity contribution in [2.24, 2.45) is 0 Å². The van der Waals surface area contributed by atoms with E-state index in [1.807, 2.05) is 36.4 Å². The molecule has 0 amide bonds. The second-order valence-corrected chi connectivity index (χ2v) is 12.3. The Labute approximate surface area is 233 Å². The van der Waals surface area contributed by atoms with E-state index in [4.69, 9.17) is 23.7 Å². The predicted octanol–water partition coefficient (Wildman–Crippen LogP) is 2.94. The zero-order valence-electron chi connectivity index (χ0n) is 22.3. The monoisotopic (exact) mass is 576 g/mol. The fraction of sp³-hybridized carbons (Fsp3) is 0.429. The van der Waals surface area contributed by atoms with Crippen molar-refractivity contribution >= 4 is 54.2 Å². The van der Waals surface area contributed by atoms with Gasteiger partial charge in [-0.2, -0.15) is 0 Å². The van der Waals surface area contributed by atoms with E-state index in [-0.39, 0.29) is 6.61 Å². The molecule has 0 unspecified atom stereocenters. The molecule has 1 heterocycles. The fourth-order valence-corrected chi connectivity index (χ4v) is 8.09. The van der Waals surface area contributed by atoms with E-state index in [0.29, 0.717) is 5.75 Å². The van der Waals surface area contributed by atoms with Crippen molar-refractivity contribution in [3.63, 3.8) is 0 Å². The molecule has 0 radical (unpaired) electrons. The van der Waals surface area contributed by atoms with Crippen LogP contribution >= 0.6 is 19.7 Å². The SMILES string of the molecule is CC(=O)OC[C@H]1O[C@@H](SCCP(c2ccccc2)c2ccccc2)[C@H](OC(C)=O)[C@@H](OC(C)=O)[C@@H]1OC(C)=O. The zero-order chi connectivity index (χ0) is 28.4. The number of hydrogen-bond acceptors (Lipinski definition) is 10. The van der Waals surface area contributed by atoms with Gasteiger partial charge < -0.3 is 23.7 Å². The standard InChI is InChI=1S/C28H33O9PS/c1-18(29)33-17-24-25(34-19(2)30)26(35-20(3)31)27(36-21(4)32)28(37-24)39-16-15-38(22-11-7-5-8-12-22)23-13-9-6-10-14-23/h5-14,24-28H,15-17H2,1-4H3/t24-,25-,26+,27-,28+/m1/s1. The smallest absolute Gasteiger partial charge is 0.303 e. The van der Waals surface area contributed by atoms with Gasteiger partial charge in [0.25, 0.3) is 0 Å². The third kappa shape index (κ3) is 9.34. The highest BCUT2D eigenvalue weighted by Gasteiger charge is 2.52. The summed E-state index contributed by atoms with van der Waals surface area (Å²) in [6.45, 7) is 4.65. The van der Waals surface area contributed by atoms with Crippen LogP contribution in [0.4, 0.5) is 0 Å². The number of hydrogen-bond donors (Lipinski definition) is 0. The van der Waals surface area contributed by atoms with Crippen molar-refractivity contribution in [2.75, 3.05) is 18.5 Å². The normalized spacial score (nSPS) is 22.5. The van der Waals surface area contributed by atoms with Crippen LogP contribution in [0.1, 0.15) is 27.7 Å². The summed E-state index contributed by atoms with van der Waals surface area (Å²) in [5.74, 6) is -1.85. The summed E-state index contributed by atoms with van der Waals surface area (Å²) in [6.07, 6.45) is -3.53. The van der Waals surface area contributed by atoms with Gasteiger partial charge >= 0.3 is 23.9 Å². The lowest BCUT2D eigenvalue weighted by Crippen LogP contribution is -2.61. The van der Waals surface area contributed by atoms with Crippen LogP contribution in [-0.2, 0) is 42.9 Å². The van der Waals surface area contributed by atoms with Crippen molar-refractivity contribution in [3.8, 4) is 0 Å². The fourth-order valence-electron chi connectivity index (χ4n) is 4.21. The van der Waals surface area contributed by atoms with E-state index < -0.39 is 61.7 Å². The first-order valence-electron chi connectivity index (χ1n) is 12.5. The molecule has 3 rings (SSSR count). The first-order valence-corrected chi connectivity index (χ1v) is 15.0. The Morgan fingerprint density at radius 2 is 1.21 bits per heavy atom. The molecule has 1 aliphatic heterocycles. The van der Waals surface area contributed by atoms with E-state index in [0.717, 1.165) is 6.16 Å². The summed E-state index contributed by atoms with van der Waals surface area (Å²) in [5.41, 5.74) is -0.783. The minimum Gasteiger partial charge on any atom is -0.463 e. The van der Waals surface area contributed by atoms with E-state index in [9.17, 15) is 19.2 Å². The Morgan fingerprint density at radius 3 is 1.69 bits per heavy atom. The predicted molar refractivity (Wildman–Crippen MR) is 148 cm³/mol. The first-order chi connectivity index (χ1) is 18.7. The zero-order valence-corrected chi connectivity index (χ0v) is 24.0. The minimum atomic E-state index is -1.16. The molecule has 0 saturated carbocycles. The highest BCUT2D eigenvalue weighted by atomic mass is 32.2. The molecule has 2 aromatic rings. The molecule has 39 heavy (non-hydrogen) atoms. The molecule has 11 heteroatoms. The van der Waals surface area contributed by atoms with Crippen LogP contribution in [0.25, 0.3) is 0 Å². The quantitative estimate of drug-likeness (QED) is 0.225. The van der Waals surface area contributed by atoms with Gasteiger partial charge in [0.2, 0.25) is 0 Å². The van der Waals surface area contributed by atoms with Crippen LogP contribution in [0.15, 0.2) is 60.7 Å². The van der Waals surface area contributed by atoms with Crippen LogP contribution in [0.3, 0.4) is 0 Å². The second kappa shape index (κ2) is 15.0. The molecule has 210 valence electrons. The molecule has 1 saturated heterocycles. The molecule has 0 aliphatic carbocycles. The lowest BCUT2D eigenvalue weighted by atomic mass is 9.99. The van der Waals surface area contributed by atoms with Crippen molar-refractivity contribution in [1.82, 2.24) is 0 Å². The molecular formula is C28H33O9PS. The minimum absolute atomic E-state index is 0.240. The summed E-state index contributed by atoms with van der Waals surface area (Å²) in [5, 5.41) is 2.45. The van der Waals surface area contributed by atoms with Gasteiger partial charge in [-0.25, -0.2) is 0 Å². The topological polar surface area (TPSA) is 114 Å². The van der Waals surface area contributed by atoms with Crippen LogP contribution in [-0.4, -0.2) is 72.3 Å². The number of benzene rings is 2. The summed E-state index contributed by atoms with van der Waals surface area (Å²) in [4.78, 5) is 47.6. The lowest BCUT2D eigenvalue weighted by molar-refractivity contribution is -0.237. The molecular weight excluding hydrogens is 543 g/mol. The van der Waals surface area contributed by atoms with Crippen molar-refractivity contribution < 1.29 is 42.9 Å². The number of thioether (sulfide) groups is 1. The Morgan fingerprint density at radius 1 is 0.718 bits per heavy atom. The molecule has 0 spiro atoms. The average molecular weight is 577 g/mol. The van der Waals surface area contributed by atoms with Crippen molar-refractivity contribution in [1.29, 1.82) is 0 Å². The third-order valence-corrected chi connectivity index (χ3v) is 9.65. The van der Waals surface area contributed by atoms with Crippen molar-refractivity contribution in [3.05, 3.63) is 60.7 Å². The van der Waals surface area contributed by atoms with Crippen LogP contribution < -0.4 is 10.6 Å². The maximum Gasteiger partial charge on any atom is 0.303 e. The van der Waals surface area contributed by atoms with Crippen LogP contribution in [0, 0.1) is 0 Å². The summed E-state index contributed by atoms with van der Waals surface area (Å²) < 4.78 is 27.9. The van der Waals surface area contributed by atoms with Gasteiger partial charge in [-0.05, 0) is 24.7 Å². The maximum atomic E-state index is 12.1. The highest BCUT2D eigenvalue weighted by Crippen LogP contribution is 2.38. The van der Waals surface area contributed by atoms with E-state index in [1.54, 1.807) is 0 Å². The third-order valence-electron chi connectivity index (χ3n) is 5.68. The van der Waals surface area contributed by atoms with Gasteiger partial charge in [0, 0.05) is 33.4 Å². The molecule has 1 fully saturated rings. The number of esters is 4. The number of rotatable bonds is 11. The van der Waals surface area contributed by atoms with Crippen LogP contribution in [0.2, 0.25) is 0 Å². The molecule has 0 bridgehead atoms. The molecule has 2 aromatic carbocycles. The van der Waals surface area contributed by atoms with E-state index >= 15 is 0 Å². The summed E-state index contributed by atoms with van der Waals surface area (Å²) in [7, 11) is -0.689. The molecule has 9 nitrogen and oxygen atoms in total. The largest absolute Gasteiger partial charge is 0.463 e. The second-order valence-electron chi connectivity index (χ2n) is 8.76. The Kier molecular flexibility index (Phi) is 11.8. The molecule has 0 aromatic heterocycles. The Balaban J connectivity index is 1.87. The average Bonchev–Trinajstić information content (AvgIpc) is 2.89. The van der Waals surface area contributed by atoms with Gasteiger partial charge in [-0.15, -0.1) is 11.8 Å². The van der Waals surface area contributed by atoms with Gasteiger partial charge in [0.1, 0.15) is 18.1 Å². The van der Waals surface area contributed by atoms with E-state index in [1.165, 1.54) is 50.1 Å². The number of ether oxygens (including phenoxy) is 5. The Bertz CT molecular complexity index is 1080. The molecule has 5 atom stereocenters. The number of carbonyl (C=O) groups excluding carboxylic acids is 4. The first kappa shape index (κ1) is 30.6. The molecule has 0 N–H and O–H groups in total.